The molecule has 0 N–H and O–H groups in total. The number of carbonyl (C=O) groups is 2. The molecule has 25 heavy (non-hydrogen) atoms. The van der Waals surface area contributed by atoms with Gasteiger partial charge in [0.15, 0.2) is 0 Å². The Labute approximate surface area is 147 Å². The van der Waals surface area contributed by atoms with Crippen LogP contribution in [0.5, 0.6) is 0 Å². The Hall–Kier alpha value is -1.95. The van der Waals surface area contributed by atoms with Crippen molar-refractivity contribution in [1.82, 2.24) is 9.80 Å². The Balaban J connectivity index is 1.68. The van der Waals surface area contributed by atoms with E-state index in [4.69, 9.17) is 4.74 Å². The quantitative estimate of drug-likeness (QED) is 0.840. The number of hydrogen-bond acceptors (Lipinski definition) is 3. The van der Waals surface area contributed by atoms with E-state index in [9.17, 15) is 14.0 Å². The van der Waals surface area contributed by atoms with Gasteiger partial charge in [0.05, 0.1) is 13.2 Å². The van der Waals surface area contributed by atoms with E-state index in [1.807, 2.05) is 13.0 Å². The fourth-order valence-electron chi connectivity index (χ4n) is 3.65. The number of amides is 2. The fraction of sp³-hybridized carbons (Fsp3) is 0.579. The number of ether oxygens (including phenoxy) is 1. The Morgan fingerprint density at radius 2 is 2.16 bits per heavy atom. The number of rotatable bonds is 4. The summed E-state index contributed by atoms with van der Waals surface area (Å²) >= 11 is 0. The molecule has 0 spiro atoms. The van der Waals surface area contributed by atoms with Crippen molar-refractivity contribution in [2.45, 2.75) is 44.8 Å². The molecule has 0 saturated carbocycles. The van der Waals surface area contributed by atoms with E-state index >= 15 is 0 Å². The monoisotopic (exact) mass is 348 g/mol. The minimum atomic E-state index is -0.356. The number of carbonyl (C=O) groups excluding carboxylic acids is 2. The normalized spacial score (nSPS) is 23.8. The lowest BCUT2D eigenvalue weighted by Gasteiger charge is -2.36. The second-order valence-electron chi connectivity index (χ2n) is 6.69. The van der Waals surface area contributed by atoms with Crippen LogP contribution < -0.4 is 0 Å². The van der Waals surface area contributed by atoms with E-state index in [2.05, 4.69) is 0 Å². The van der Waals surface area contributed by atoms with Gasteiger partial charge in [-0.25, -0.2) is 4.39 Å². The summed E-state index contributed by atoms with van der Waals surface area (Å²) in [7, 11) is 0. The van der Waals surface area contributed by atoms with Crippen LogP contribution >= 0.6 is 0 Å². The summed E-state index contributed by atoms with van der Waals surface area (Å²) in [5, 5.41) is 0. The second kappa shape index (κ2) is 7.95. The first-order valence-corrected chi connectivity index (χ1v) is 9.05. The number of hydrogen-bond donors (Lipinski definition) is 0. The third-order valence-electron chi connectivity index (χ3n) is 4.92. The van der Waals surface area contributed by atoms with Gasteiger partial charge in [0.2, 0.25) is 11.8 Å². The zero-order chi connectivity index (χ0) is 17.8. The summed E-state index contributed by atoms with van der Waals surface area (Å²) in [4.78, 5) is 28.7. The lowest BCUT2D eigenvalue weighted by atomic mass is 10.1. The highest BCUT2D eigenvalue weighted by atomic mass is 19.1. The summed E-state index contributed by atoms with van der Waals surface area (Å²) in [6.45, 7) is 3.96. The molecule has 2 aliphatic rings. The van der Waals surface area contributed by atoms with Crippen molar-refractivity contribution in [1.29, 1.82) is 0 Å². The molecule has 0 radical (unpaired) electrons. The minimum absolute atomic E-state index is 0.00773. The van der Waals surface area contributed by atoms with E-state index in [0.29, 0.717) is 32.7 Å². The number of morpholine rings is 1. The average molecular weight is 348 g/mol. The van der Waals surface area contributed by atoms with Gasteiger partial charge >= 0.3 is 0 Å². The molecule has 136 valence electrons. The van der Waals surface area contributed by atoms with Gasteiger partial charge in [-0.2, -0.15) is 0 Å². The minimum Gasteiger partial charge on any atom is -0.370 e. The predicted octanol–water partition coefficient (Wildman–Crippen LogP) is 2.52. The molecule has 5 nitrogen and oxygen atoms in total. The van der Waals surface area contributed by atoms with Crippen LogP contribution in [-0.4, -0.2) is 53.9 Å². The third kappa shape index (κ3) is 4.00. The highest BCUT2D eigenvalue weighted by molar-refractivity contribution is 5.88. The maximum absolute atomic E-state index is 13.5. The van der Waals surface area contributed by atoms with Gasteiger partial charge in [0, 0.05) is 19.5 Å². The topological polar surface area (TPSA) is 49.9 Å². The van der Waals surface area contributed by atoms with Gasteiger partial charge in [-0.3, -0.25) is 9.59 Å². The molecule has 2 atom stereocenters. The summed E-state index contributed by atoms with van der Waals surface area (Å²) in [6.07, 6.45) is 2.53. The molecular weight excluding hydrogens is 323 g/mol. The smallest absolute Gasteiger partial charge is 0.245 e. The van der Waals surface area contributed by atoms with Crippen molar-refractivity contribution < 1.29 is 18.7 Å². The Kier molecular flexibility index (Phi) is 5.68. The fourth-order valence-corrected chi connectivity index (χ4v) is 3.65. The summed E-state index contributed by atoms with van der Waals surface area (Å²) < 4.78 is 19.2. The Bertz CT molecular complexity index is 637. The molecule has 1 aromatic carbocycles. The van der Waals surface area contributed by atoms with E-state index in [1.165, 1.54) is 12.1 Å². The number of halogens is 1. The first-order chi connectivity index (χ1) is 12.1. The van der Waals surface area contributed by atoms with Crippen LogP contribution in [0.2, 0.25) is 0 Å². The zero-order valence-electron chi connectivity index (χ0n) is 14.6. The van der Waals surface area contributed by atoms with Crippen molar-refractivity contribution in [2.75, 3.05) is 26.2 Å². The number of benzene rings is 1. The molecular formula is C19H25FN2O3. The average Bonchev–Trinajstić information content (AvgIpc) is 3.11. The molecule has 1 aromatic rings. The van der Waals surface area contributed by atoms with Crippen LogP contribution in [0, 0.1) is 5.82 Å². The molecule has 2 aliphatic heterocycles. The molecule has 2 fully saturated rings. The standard InChI is InChI=1S/C19H25FN2O3/c1-2-5-18(23)22-9-4-8-16(22)19(24)21-10-11-25-17(13-21)14-6-3-7-15(20)12-14/h3,6-7,12,16-17H,2,4-5,8-11,13H2,1H3. The highest BCUT2D eigenvalue weighted by Gasteiger charge is 2.37. The number of likely N-dealkylation sites (tertiary alicyclic amines) is 1. The molecule has 0 bridgehead atoms. The van der Waals surface area contributed by atoms with Crippen LogP contribution in [0.1, 0.15) is 44.3 Å². The van der Waals surface area contributed by atoms with Crippen molar-refractivity contribution in [2.24, 2.45) is 0 Å². The van der Waals surface area contributed by atoms with Crippen molar-refractivity contribution in [3.63, 3.8) is 0 Å². The van der Waals surface area contributed by atoms with Gasteiger partial charge in [0.25, 0.3) is 0 Å². The van der Waals surface area contributed by atoms with Gasteiger partial charge < -0.3 is 14.5 Å². The maximum Gasteiger partial charge on any atom is 0.245 e. The van der Waals surface area contributed by atoms with E-state index in [1.54, 1.807) is 15.9 Å². The first-order valence-electron chi connectivity index (χ1n) is 9.05. The van der Waals surface area contributed by atoms with Crippen LogP contribution in [0.3, 0.4) is 0 Å². The van der Waals surface area contributed by atoms with E-state index in [0.717, 1.165) is 24.8 Å². The molecule has 2 heterocycles. The zero-order valence-corrected chi connectivity index (χ0v) is 14.6. The predicted molar refractivity (Wildman–Crippen MR) is 91.3 cm³/mol. The third-order valence-corrected chi connectivity index (χ3v) is 4.92. The van der Waals surface area contributed by atoms with Gasteiger partial charge in [-0.05, 0) is 37.0 Å². The van der Waals surface area contributed by atoms with Crippen molar-refractivity contribution >= 4 is 11.8 Å². The summed E-state index contributed by atoms with van der Waals surface area (Å²) in [5.41, 5.74) is 0.739. The van der Waals surface area contributed by atoms with Gasteiger partial charge in [-0.1, -0.05) is 19.1 Å². The molecule has 2 saturated heterocycles. The molecule has 2 amide bonds. The summed E-state index contributed by atoms with van der Waals surface area (Å²) in [6, 6.07) is 5.95. The Morgan fingerprint density at radius 3 is 2.92 bits per heavy atom. The van der Waals surface area contributed by atoms with Crippen LogP contribution in [0.4, 0.5) is 4.39 Å². The summed E-state index contributed by atoms with van der Waals surface area (Å²) in [5.74, 6) is -0.253. The second-order valence-corrected chi connectivity index (χ2v) is 6.69. The van der Waals surface area contributed by atoms with Crippen LogP contribution in [-0.2, 0) is 14.3 Å². The van der Waals surface area contributed by atoms with Crippen LogP contribution in [0.15, 0.2) is 24.3 Å². The maximum atomic E-state index is 13.5. The van der Waals surface area contributed by atoms with Gasteiger partial charge in [-0.15, -0.1) is 0 Å². The van der Waals surface area contributed by atoms with E-state index in [-0.39, 0.29) is 29.8 Å². The molecule has 0 aliphatic carbocycles. The van der Waals surface area contributed by atoms with Crippen molar-refractivity contribution in [3.8, 4) is 0 Å². The largest absolute Gasteiger partial charge is 0.370 e. The highest BCUT2D eigenvalue weighted by Crippen LogP contribution is 2.26. The van der Waals surface area contributed by atoms with Crippen molar-refractivity contribution in [3.05, 3.63) is 35.6 Å². The lowest BCUT2D eigenvalue weighted by Crippen LogP contribution is -2.51. The van der Waals surface area contributed by atoms with E-state index < -0.39 is 0 Å². The Morgan fingerprint density at radius 1 is 1.32 bits per heavy atom. The number of nitrogens with zero attached hydrogens (tertiary/aromatic N) is 2. The molecule has 0 aromatic heterocycles. The molecule has 2 unspecified atom stereocenters. The lowest BCUT2D eigenvalue weighted by molar-refractivity contribution is -0.149. The molecule has 6 heteroatoms. The SMILES string of the molecule is CCCC(=O)N1CCCC1C(=O)N1CCOC(c2cccc(F)c2)C1. The van der Waals surface area contributed by atoms with Crippen LogP contribution in [0.25, 0.3) is 0 Å². The molecule has 3 rings (SSSR count). The van der Waals surface area contributed by atoms with Gasteiger partial charge in [0.1, 0.15) is 18.0 Å². The first kappa shape index (κ1) is 17.9.